The lowest BCUT2D eigenvalue weighted by atomic mass is 10.1. The molecule has 0 aliphatic rings. The van der Waals surface area contributed by atoms with E-state index in [0.717, 1.165) is 31.8 Å². The summed E-state index contributed by atoms with van der Waals surface area (Å²) >= 11 is 0. The first-order valence-electron chi connectivity index (χ1n) is 9.45. The molecular weight excluding hydrogens is 322 g/mol. The molecule has 0 radical (unpaired) electrons. The van der Waals surface area contributed by atoms with Gasteiger partial charge in [-0.2, -0.15) is 4.98 Å². The van der Waals surface area contributed by atoms with E-state index in [1.54, 1.807) is 0 Å². The van der Waals surface area contributed by atoms with E-state index in [9.17, 15) is 0 Å². The molecule has 26 heavy (non-hydrogen) atoms. The van der Waals surface area contributed by atoms with Crippen LogP contribution in [0.25, 0.3) is 0 Å². The molecular formula is C22H27N3O. The monoisotopic (exact) mass is 349 g/mol. The topological polar surface area (TPSA) is 42.2 Å². The highest BCUT2D eigenvalue weighted by molar-refractivity contribution is 5.16. The quantitative estimate of drug-likeness (QED) is 0.534. The minimum absolute atomic E-state index is 0.702. The van der Waals surface area contributed by atoms with E-state index >= 15 is 0 Å². The lowest BCUT2D eigenvalue weighted by molar-refractivity contribution is 0.216. The van der Waals surface area contributed by atoms with E-state index < -0.39 is 0 Å². The van der Waals surface area contributed by atoms with Crippen molar-refractivity contribution in [2.45, 2.75) is 45.7 Å². The van der Waals surface area contributed by atoms with Gasteiger partial charge in [-0.25, -0.2) is 0 Å². The second-order valence-electron chi connectivity index (χ2n) is 6.64. The number of benzene rings is 2. The predicted molar refractivity (Wildman–Crippen MR) is 104 cm³/mol. The first kappa shape index (κ1) is 18.3. The molecule has 0 aliphatic carbocycles. The van der Waals surface area contributed by atoms with Crippen molar-refractivity contribution in [1.29, 1.82) is 0 Å². The highest BCUT2D eigenvalue weighted by Gasteiger charge is 2.12. The van der Waals surface area contributed by atoms with Gasteiger partial charge in [0.15, 0.2) is 5.82 Å². The van der Waals surface area contributed by atoms with Gasteiger partial charge in [-0.15, -0.1) is 0 Å². The lowest BCUT2D eigenvalue weighted by Gasteiger charge is -2.20. The van der Waals surface area contributed by atoms with Crippen LogP contribution in [0, 0.1) is 0 Å². The Morgan fingerprint density at radius 2 is 1.54 bits per heavy atom. The highest BCUT2D eigenvalue weighted by atomic mass is 16.5. The van der Waals surface area contributed by atoms with Crippen molar-refractivity contribution in [2.24, 2.45) is 0 Å². The zero-order valence-corrected chi connectivity index (χ0v) is 15.5. The molecule has 1 heterocycles. The van der Waals surface area contributed by atoms with Crippen LogP contribution in [0.3, 0.4) is 0 Å². The van der Waals surface area contributed by atoms with E-state index in [1.807, 2.05) is 6.07 Å². The van der Waals surface area contributed by atoms with Crippen molar-refractivity contribution in [3.05, 3.63) is 83.5 Å². The second kappa shape index (κ2) is 9.88. The Morgan fingerprint density at radius 1 is 0.846 bits per heavy atom. The summed E-state index contributed by atoms with van der Waals surface area (Å²) in [6.07, 6.45) is 4.09. The molecule has 0 spiro atoms. The van der Waals surface area contributed by atoms with Crippen molar-refractivity contribution in [3.8, 4) is 0 Å². The average Bonchev–Trinajstić information content (AvgIpc) is 3.13. The van der Waals surface area contributed by atoms with E-state index in [-0.39, 0.29) is 0 Å². The van der Waals surface area contributed by atoms with Crippen LogP contribution in [0.2, 0.25) is 0 Å². The Bertz CT molecular complexity index is 755. The molecule has 4 heteroatoms. The van der Waals surface area contributed by atoms with Gasteiger partial charge in [0, 0.05) is 13.0 Å². The molecule has 0 saturated carbocycles. The molecule has 136 valence electrons. The van der Waals surface area contributed by atoms with Crippen LogP contribution in [0.1, 0.15) is 42.6 Å². The number of nitrogens with zero attached hydrogens (tertiary/aromatic N) is 3. The second-order valence-corrected chi connectivity index (χ2v) is 6.64. The fourth-order valence-electron chi connectivity index (χ4n) is 2.99. The van der Waals surface area contributed by atoms with Gasteiger partial charge in [0.05, 0.1) is 6.54 Å². The minimum Gasteiger partial charge on any atom is -0.338 e. The van der Waals surface area contributed by atoms with E-state index in [1.165, 1.54) is 24.0 Å². The molecule has 3 aromatic rings. The summed E-state index contributed by atoms with van der Waals surface area (Å²) in [6.45, 7) is 4.86. The number of aryl methyl sites for hydroxylation is 2. The Morgan fingerprint density at radius 3 is 2.23 bits per heavy atom. The summed E-state index contributed by atoms with van der Waals surface area (Å²) < 4.78 is 5.50. The minimum atomic E-state index is 0.702. The van der Waals surface area contributed by atoms with Crippen LogP contribution >= 0.6 is 0 Å². The molecule has 0 amide bonds. The third-order valence-electron chi connectivity index (χ3n) is 4.43. The van der Waals surface area contributed by atoms with Crippen LogP contribution in [0.4, 0.5) is 0 Å². The molecule has 1 aromatic heterocycles. The average molecular weight is 349 g/mol. The SMILES string of the molecule is CCCCN(Cc1ccccc1)Cc1nc(CCc2ccccc2)no1. The molecule has 0 aliphatic heterocycles. The van der Waals surface area contributed by atoms with Gasteiger partial charge in [0.1, 0.15) is 0 Å². The smallest absolute Gasteiger partial charge is 0.240 e. The van der Waals surface area contributed by atoms with Crippen LogP contribution in [0.15, 0.2) is 65.2 Å². The fraction of sp³-hybridized carbons (Fsp3) is 0.364. The van der Waals surface area contributed by atoms with Crippen LogP contribution in [-0.2, 0) is 25.9 Å². The number of hydrogen-bond donors (Lipinski definition) is 0. The fourth-order valence-corrected chi connectivity index (χ4v) is 2.99. The molecule has 0 saturated heterocycles. The van der Waals surface area contributed by atoms with Crippen LogP contribution < -0.4 is 0 Å². The molecule has 0 atom stereocenters. The standard InChI is InChI=1S/C22H27N3O/c1-2-3-16-25(17-20-12-8-5-9-13-20)18-22-23-21(24-26-22)15-14-19-10-6-4-7-11-19/h4-13H,2-3,14-18H2,1H3. The summed E-state index contributed by atoms with van der Waals surface area (Å²) in [5.74, 6) is 1.50. The van der Waals surface area contributed by atoms with Gasteiger partial charge < -0.3 is 4.52 Å². The van der Waals surface area contributed by atoms with Gasteiger partial charge >= 0.3 is 0 Å². The first-order chi connectivity index (χ1) is 12.8. The first-order valence-corrected chi connectivity index (χ1v) is 9.45. The van der Waals surface area contributed by atoms with E-state index in [0.29, 0.717) is 12.4 Å². The van der Waals surface area contributed by atoms with Gasteiger partial charge in [0.2, 0.25) is 5.89 Å². The number of unbranched alkanes of at least 4 members (excludes halogenated alkanes) is 1. The third-order valence-corrected chi connectivity index (χ3v) is 4.43. The lowest BCUT2D eigenvalue weighted by Crippen LogP contribution is -2.24. The molecule has 4 nitrogen and oxygen atoms in total. The summed E-state index contributed by atoms with van der Waals surface area (Å²) in [5.41, 5.74) is 2.61. The van der Waals surface area contributed by atoms with Gasteiger partial charge in [0.25, 0.3) is 0 Å². The normalized spacial score (nSPS) is 11.2. The highest BCUT2D eigenvalue weighted by Crippen LogP contribution is 2.11. The Labute approximate surface area is 155 Å². The van der Waals surface area contributed by atoms with Crippen molar-refractivity contribution >= 4 is 0 Å². The summed E-state index contributed by atoms with van der Waals surface area (Å²) in [6, 6.07) is 21.0. The molecule has 0 bridgehead atoms. The largest absolute Gasteiger partial charge is 0.338 e. The maximum Gasteiger partial charge on any atom is 0.240 e. The number of hydrogen-bond acceptors (Lipinski definition) is 4. The molecule has 0 fully saturated rings. The number of rotatable bonds is 10. The zero-order valence-electron chi connectivity index (χ0n) is 15.5. The van der Waals surface area contributed by atoms with Gasteiger partial charge in [-0.3, -0.25) is 4.90 Å². The van der Waals surface area contributed by atoms with Crippen LogP contribution in [-0.4, -0.2) is 21.6 Å². The molecule has 3 rings (SSSR count). The van der Waals surface area contributed by atoms with E-state index in [2.05, 4.69) is 76.6 Å². The maximum atomic E-state index is 5.50. The van der Waals surface area contributed by atoms with Gasteiger partial charge in [-0.05, 0) is 30.5 Å². The van der Waals surface area contributed by atoms with Crippen molar-refractivity contribution in [3.63, 3.8) is 0 Å². The zero-order chi connectivity index (χ0) is 18.0. The molecule has 0 unspecified atom stereocenters. The Kier molecular flexibility index (Phi) is 6.96. The Balaban J connectivity index is 1.57. The van der Waals surface area contributed by atoms with Crippen molar-refractivity contribution in [1.82, 2.24) is 15.0 Å². The molecule has 0 N–H and O–H groups in total. The van der Waals surface area contributed by atoms with Gasteiger partial charge in [-0.1, -0.05) is 79.2 Å². The molecule has 2 aromatic carbocycles. The van der Waals surface area contributed by atoms with Crippen LogP contribution in [0.5, 0.6) is 0 Å². The summed E-state index contributed by atoms with van der Waals surface area (Å²) in [5, 5.41) is 4.16. The van der Waals surface area contributed by atoms with Crippen molar-refractivity contribution in [2.75, 3.05) is 6.54 Å². The predicted octanol–water partition coefficient (Wildman–Crippen LogP) is 4.66. The number of aromatic nitrogens is 2. The Hall–Kier alpha value is -2.46. The third kappa shape index (κ3) is 5.81. The maximum absolute atomic E-state index is 5.50. The van der Waals surface area contributed by atoms with E-state index in [4.69, 9.17) is 4.52 Å². The summed E-state index contributed by atoms with van der Waals surface area (Å²) in [4.78, 5) is 6.98. The van der Waals surface area contributed by atoms with Crippen molar-refractivity contribution < 1.29 is 4.52 Å². The summed E-state index contributed by atoms with van der Waals surface area (Å²) in [7, 11) is 0.